The molecule has 0 unspecified atom stereocenters. The van der Waals surface area contributed by atoms with Crippen LogP contribution in [0.5, 0.6) is 0 Å². The Morgan fingerprint density at radius 3 is 2.71 bits per heavy atom. The molecule has 0 fully saturated rings. The van der Waals surface area contributed by atoms with E-state index in [0.717, 1.165) is 28.2 Å². The van der Waals surface area contributed by atoms with Crippen molar-refractivity contribution in [3.8, 4) is 0 Å². The molecule has 2 aromatic carbocycles. The number of rotatable bonds is 4. The molecular weight excluding hydrogens is 343 g/mol. The molecule has 1 amide bonds. The summed E-state index contributed by atoms with van der Waals surface area (Å²) in [5.74, 6) is -1.38. The van der Waals surface area contributed by atoms with Crippen molar-refractivity contribution in [2.75, 3.05) is 0 Å². The molecule has 0 heterocycles. The number of nitro groups is 1. The Hall–Kier alpha value is -2.28. The number of nitrogens with one attached hydrogen (secondary N) is 1. The fourth-order valence-corrected chi connectivity index (χ4v) is 2.22. The number of carbonyl (C=O) groups is 1. The van der Waals surface area contributed by atoms with Gasteiger partial charge in [0.1, 0.15) is 11.4 Å². The van der Waals surface area contributed by atoms with Crippen molar-refractivity contribution in [2.45, 2.75) is 6.54 Å². The molecule has 2 aromatic rings. The number of carbonyl (C=O) groups excluding carboxylic acids is 1. The number of nitrogens with zero attached hydrogens (tertiary/aromatic N) is 1. The van der Waals surface area contributed by atoms with E-state index in [2.05, 4.69) is 21.2 Å². The number of nitro benzene ring substituents is 1. The van der Waals surface area contributed by atoms with Crippen molar-refractivity contribution in [1.82, 2.24) is 5.32 Å². The predicted molar refractivity (Wildman–Crippen MR) is 78.4 cm³/mol. The molecule has 1 N–H and O–H groups in total. The lowest BCUT2D eigenvalue weighted by atomic mass is 10.1. The minimum absolute atomic E-state index is 0.170. The zero-order valence-corrected chi connectivity index (χ0v) is 12.3. The molecule has 0 spiro atoms. The average Bonchev–Trinajstić information content (AvgIpc) is 2.44. The molecule has 0 aliphatic carbocycles. The minimum atomic E-state index is -0.781. The smallest absolute Gasteiger partial charge is 0.285 e. The standard InChI is InChI=1S/C14H10BrFN2O3/c15-10-3-1-2-9(6-10)8-17-14(19)12-5-4-11(16)7-13(12)18(20)21/h1-7H,8H2,(H,17,19). The van der Waals surface area contributed by atoms with Crippen LogP contribution in [0.2, 0.25) is 0 Å². The zero-order valence-electron chi connectivity index (χ0n) is 10.7. The quantitative estimate of drug-likeness (QED) is 0.676. The van der Waals surface area contributed by atoms with Crippen molar-refractivity contribution in [1.29, 1.82) is 0 Å². The molecule has 0 saturated heterocycles. The third-order valence-corrected chi connectivity index (χ3v) is 3.24. The summed E-state index contributed by atoms with van der Waals surface area (Å²) in [7, 11) is 0. The fraction of sp³-hybridized carbons (Fsp3) is 0.0714. The van der Waals surface area contributed by atoms with Crippen molar-refractivity contribution in [3.63, 3.8) is 0 Å². The molecular formula is C14H10BrFN2O3. The summed E-state index contributed by atoms with van der Waals surface area (Å²) < 4.78 is 13.9. The zero-order chi connectivity index (χ0) is 15.4. The van der Waals surface area contributed by atoms with E-state index in [0.29, 0.717) is 0 Å². The molecule has 2 rings (SSSR count). The molecule has 0 radical (unpaired) electrons. The maximum Gasteiger partial charge on any atom is 0.285 e. The first-order valence-electron chi connectivity index (χ1n) is 5.94. The molecule has 0 bridgehead atoms. The van der Waals surface area contributed by atoms with Crippen LogP contribution in [0, 0.1) is 15.9 Å². The van der Waals surface area contributed by atoms with Gasteiger partial charge in [0, 0.05) is 11.0 Å². The van der Waals surface area contributed by atoms with Gasteiger partial charge in [0.05, 0.1) is 11.0 Å². The fourth-order valence-electron chi connectivity index (χ4n) is 1.77. The lowest BCUT2D eigenvalue weighted by Crippen LogP contribution is -2.23. The minimum Gasteiger partial charge on any atom is -0.348 e. The summed E-state index contributed by atoms with van der Waals surface area (Å²) in [6, 6.07) is 10.1. The van der Waals surface area contributed by atoms with Crippen LogP contribution in [0.15, 0.2) is 46.9 Å². The van der Waals surface area contributed by atoms with Gasteiger partial charge < -0.3 is 5.32 Å². The lowest BCUT2D eigenvalue weighted by molar-refractivity contribution is -0.385. The van der Waals surface area contributed by atoms with Crippen LogP contribution in [-0.2, 0) is 6.54 Å². The monoisotopic (exact) mass is 352 g/mol. The molecule has 0 aliphatic rings. The van der Waals surface area contributed by atoms with Gasteiger partial charge in [-0.25, -0.2) is 4.39 Å². The molecule has 21 heavy (non-hydrogen) atoms. The van der Waals surface area contributed by atoms with Gasteiger partial charge in [0.25, 0.3) is 11.6 Å². The highest BCUT2D eigenvalue weighted by molar-refractivity contribution is 9.10. The molecule has 0 aliphatic heterocycles. The number of amides is 1. The maximum absolute atomic E-state index is 13.0. The second kappa shape index (κ2) is 6.45. The largest absolute Gasteiger partial charge is 0.348 e. The van der Waals surface area contributed by atoms with E-state index < -0.39 is 22.3 Å². The molecule has 5 nitrogen and oxygen atoms in total. The van der Waals surface area contributed by atoms with Gasteiger partial charge in [-0.2, -0.15) is 0 Å². The Morgan fingerprint density at radius 2 is 2.05 bits per heavy atom. The second-order valence-electron chi connectivity index (χ2n) is 4.23. The van der Waals surface area contributed by atoms with Crippen LogP contribution in [0.3, 0.4) is 0 Å². The lowest BCUT2D eigenvalue weighted by Gasteiger charge is -2.06. The first-order chi connectivity index (χ1) is 9.97. The van der Waals surface area contributed by atoms with Gasteiger partial charge in [0.15, 0.2) is 0 Å². The van der Waals surface area contributed by atoms with Crippen LogP contribution in [0.1, 0.15) is 15.9 Å². The van der Waals surface area contributed by atoms with Gasteiger partial charge >= 0.3 is 0 Å². The Morgan fingerprint density at radius 1 is 1.29 bits per heavy atom. The summed E-state index contributed by atoms with van der Waals surface area (Å²) in [5.41, 5.74) is 0.112. The van der Waals surface area contributed by atoms with Crippen LogP contribution in [-0.4, -0.2) is 10.8 Å². The number of hydrogen-bond donors (Lipinski definition) is 1. The normalized spacial score (nSPS) is 10.2. The van der Waals surface area contributed by atoms with E-state index in [1.165, 1.54) is 0 Å². The van der Waals surface area contributed by atoms with Crippen molar-refractivity contribution in [2.24, 2.45) is 0 Å². The third-order valence-electron chi connectivity index (χ3n) is 2.74. The summed E-state index contributed by atoms with van der Waals surface area (Å²) in [5, 5.41) is 13.4. The SMILES string of the molecule is O=C(NCc1cccc(Br)c1)c1ccc(F)cc1[N+](=O)[O-]. The summed E-state index contributed by atoms with van der Waals surface area (Å²) >= 11 is 3.31. The van der Waals surface area contributed by atoms with Crippen molar-refractivity contribution in [3.05, 3.63) is 74.0 Å². The first kappa shape index (κ1) is 15.1. The Balaban J connectivity index is 2.15. The summed E-state index contributed by atoms with van der Waals surface area (Å²) in [6.45, 7) is 0.215. The van der Waals surface area contributed by atoms with Gasteiger partial charge in [-0.15, -0.1) is 0 Å². The molecule has 108 valence electrons. The number of benzene rings is 2. The van der Waals surface area contributed by atoms with E-state index in [1.54, 1.807) is 0 Å². The van der Waals surface area contributed by atoms with Crippen LogP contribution in [0.25, 0.3) is 0 Å². The number of hydrogen-bond acceptors (Lipinski definition) is 3. The van der Waals surface area contributed by atoms with E-state index in [1.807, 2.05) is 24.3 Å². The van der Waals surface area contributed by atoms with Gasteiger partial charge in [-0.1, -0.05) is 28.1 Å². The summed E-state index contributed by atoms with van der Waals surface area (Å²) in [4.78, 5) is 22.1. The average molecular weight is 353 g/mol. The van der Waals surface area contributed by atoms with Gasteiger partial charge in [-0.3, -0.25) is 14.9 Å². The number of halogens is 2. The second-order valence-corrected chi connectivity index (χ2v) is 5.15. The molecule has 0 aromatic heterocycles. The molecule has 0 atom stereocenters. The maximum atomic E-state index is 13.0. The topological polar surface area (TPSA) is 72.2 Å². The Bertz CT molecular complexity index is 706. The van der Waals surface area contributed by atoms with E-state index in [-0.39, 0.29) is 12.1 Å². The van der Waals surface area contributed by atoms with Crippen LogP contribution < -0.4 is 5.32 Å². The van der Waals surface area contributed by atoms with Gasteiger partial charge in [-0.05, 0) is 29.8 Å². The van der Waals surface area contributed by atoms with Gasteiger partial charge in [0.2, 0.25) is 0 Å². The predicted octanol–water partition coefficient (Wildman–Crippen LogP) is 3.43. The first-order valence-corrected chi connectivity index (χ1v) is 6.73. The Kier molecular flexibility index (Phi) is 4.64. The van der Waals surface area contributed by atoms with Crippen LogP contribution in [0.4, 0.5) is 10.1 Å². The highest BCUT2D eigenvalue weighted by Crippen LogP contribution is 2.20. The Labute approximate surface area is 128 Å². The summed E-state index contributed by atoms with van der Waals surface area (Å²) in [6.07, 6.45) is 0. The van der Waals surface area contributed by atoms with Crippen molar-refractivity contribution < 1.29 is 14.1 Å². The van der Waals surface area contributed by atoms with E-state index in [9.17, 15) is 19.3 Å². The third kappa shape index (κ3) is 3.85. The van der Waals surface area contributed by atoms with E-state index in [4.69, 9.17) is 0 Å². The highest BCUT2D eigenvalue weighted by Gasteiger charge is 2.20. The van der Waals surface area contributed by atoms with Crippen LogP contribution >= 0.6 is 15.9 Å². The van der Waals surface area contributed by atoms with Crippen molar-refractivity contribution >= 4 is 27.5 Å². The van der Waals surface area contributed by atoms with E-state index >= 15 is 0 Å². The molecule has 0 saturated carbocycles. The molecule has 7 heteroatoms. The highest BCUT2D eigenvalue weighted by atomic mass is 79.9.